The minimum Gasteiger partial charge on any atom is -0.504 e. The number of para-hydroxylation sites is 2. The zero-order valence-corrected chi connectivity index (χ0v) is 16.0. The van der Waals surface area contributed by atoms with Gasteiger partial charge in [-0.1, -0.05) is 30.3 Å². The predicted octanol–water partition coefficient (Wildman–Crippen LogP) is 3.48. The summed E-state index contributed by atoms with van der Waals surface area (Å²) in [4.78, 5) is 20.2. The van der Waals surface area contributed by atoms with Crippen LogP contribution in [0.2, 0.25) is 0 Å². The van der Waals surface area contributed by atoms with E-state index in [9.17, 15) is 15.2 Å². The molecular formula is C22H17N3O5. The molecule has 0 fully saturated rings. The SMILES string of the molecule is COC=C(C(=O)CO)c1ccccc1Oc1cc(Oc2ccccc2C#N)ncn1. The van der Waals surface area contributed by atoms with Crippen molar-refractivity contribution >= 4 is 11.4 Å². The largest absolute Gasteiger partial charge is 0.504 e. The number of aliphatic hydroxyl groups excluding tert-OH is 1. The van der Waals surface area contributed by atoms with Crippen molar-refractivity contribution in [2.75, 3.05) is 13.7 Å². The first-order valence-corrected chi connectivity index (χ1v) is 8.79. The lowest BCUT2D eigenvalue weighted by Crippen LogP contribution is -2.08. The molecule has 0 aliphatic rings. The van der Waals surface area contributed by atoms with Crippen LogP contribution < -0.4 is 9.47 Å². The molecule has 0 amide bonds. The number of ketones is 1. The van der Waals surface area contributed by atoms with Crippen molar-refractivity contribution < 1.29 is 24.1 Å². The van der Waals surface area contributed by atoms with E-state index in [-0.39, 0.29) is 17.3 Å². The van der Waals surface area contributed by atoms with Crippen LogP contribution in [-0.4, -0.2) is 34.6 Å². The van der Waals surface area contributed by atoms with Crippen LogP contribution in [0.25, 0.3) is 5.57 Å². The third-order valence-corrected chi connectivity index (χ3v) is 3.91. The Morgan fingerprint density at radius 2 is 1.70 bits per heavy atom. The predicted molar refractivity (Wildman–Crippen MR) is 107 cm³/mol. The molecule has 0 aliphatic carbocycles. The van der Waals surface area contributed by atoms with Crippen molar-refractivity contribution in [2.45, 2.75) is 0 Å². The minimum atomic E-state index is -0.673. The molecule has 30 heavy (non-hydrogen) atoms. The summed E-state index contributed by atoms with van der Waals surface area (Å²) >= 11 is 0. The molecule has 8 heteroatoms. The van der Waals surface area contributed by atoms with E-state index in [1.807, 2.05) is 6.07 Å². The molecule has 0 aliphatic heterocycles. The number of rotatable bonds is 8. The lowest BCUT2D eigenvalue weighted by Gasteiger charge is -2.12. The summed E-state index contributed by atoms with van der Waals surface area (Å²) in [5.74, 6) is 0.496. The third-order valence-electron chi connectivity index (χ3n) is 3.91. The lowest BCUT2D eigenvalue weighted by molar-refractivity contribution is -0.116. The number of hydrogen-bond donors (Lipinski definition) is 1. The molecule has 0 bridgehead atoms. The number of methoxy groups -OCH3 is 1. The van der Waals surface area contributed by atoms with Gasteiger partial charge < -0.3 is 19.3 Å². The molecule has 1 aromatic heterocycles. The third kappa shape index (κ3) is 4.79. The van der Waals surface area contributed by atoms with Gasteiger partial charge in [-0.15, -0.1) is 0 Å². The molecule has 1 heterocycles. The van der Waals surface area contributed by atoms with Crippen LogP contribution in [0, 0.1) is 11.3 Å². The minimum absolute atomic E-state index is 0.157. The van der Waals surface area contributed by atoms with Gasteiger partial charge in [0.15, 0.2) is 5.78 Å². The fourth-order valence-electron chi connectivity index (χ4n) is 2.57. The molecule has 8 nitrogen and oxygen atoms in total. The maximum Gasteiger partial charge on any atom is 0.226 e. The van der Waals surface area contributed by atoms with Crippen LogP contribution in [0.1, 0.15) is 11.1 Å². The summed E-state index contributed by atoms with van der Waals surface area (Å²) < 4.78 is 16.5. The maximum absolute atomic E-state index is 12.1. The number of carbonyl (C=O) groups excluding carboxylic acids is 1. The molecule has 0 spiro atoms. The van der Waals surface area contributed by atoms with Crippen LogP contribution in [0.4, 0.5) is 0 Å². The first kappa shape index (κ1) is 20.5. The van der Waals surface area contributed by atoms with E-state index in [1.54, 1.807) is 48.5 Å². The summed E-state index contributed by atoms with van der Waals surface area (Å²) in [5, 5.41) is 18.4. The second-order valence-corrected chi connectivity index (χ2v) is 5.85. The number of nitriles is 1. The van der Waals surface area contributed by atoms with Gasteiger partial charge in [0.25, 0.3) is 0 Å². The van der Waals surface area contributed by atoms with Crippen LogP contribution in [0.3, 0.4) is 0 Å². The van der Waals surface area contributed by atoms with Crippen molar-refractivity contribution in [1.82, 2.24) is 9.97 Å². The highest BCUT2D eigenvalue weighted by Crippen LogP contribution is 2.31. The topological polar surface area (TPSA) is 115 Å². The van der Waals surface area contributed by atoms with E-state index in [4.69, 9.17) is 14.2 Å². The normalized spacial score (nSPS) is 10.8. The number of benzene rings is 2. The lowest BCUT2D eigenvalue weighted by atomic mass is 10.0. The van der Waals surface area contributed by atoms with Gasteiger partial charge in [0.1, 0.15) is 30.5 Å². The number of Topliss-reactive ketones (excluding diaryl/α,β-unsaturated/α-hetero) is 1. The first-order valence-electron chi connectivity index (χ1n) is 8.79. The highest BCUT2D eigenvalue weighted by Gasteiger charge is 2.17. The van der Waals surface area contributed by atoms with E-state index in [1.165, 1.54) is 25.8 Å². The van der Waals surface area contributed by atoms with Crippen molar-refractivity contribution in [3.8, 4) is 29.3 Å². The number of aromatic nitrogens is 2. The van der Waals surface area contributed by atoms with Crippen molar-refractivity contribution in [1.29, 1.82) is 5.26 Å². The maximum atomic E-state index is 12.1. The molecular weight excluding hydrogens is 386 g/mol. The Bertz CT molecular complexity index is 1120. The van der Waals surface area contributed by atoms with Crippen LogP contribution in [0.15, 0.2) is 67.2 Å². The Kier molecular flexibility index (Phi) is 6.71. The summed E-state index contributed by atoms with van der Waals surface area (Å²) in [6.45, 7) is -0.673. The van der Waals surface area contributed by atoms with Crippen LogP contribution in [-0.2, 0) is 9.53 Å². The molecule has 0 saturated carbocycles. The standard InChI is InChI=1S/C22H17N3O5/c1-28-13-17(18(27)12-26)16-7-3-5-9-20(16)30-22-10-21(24-14-25-22)29-19-8-4-2-6-15(19)11-23/h2-10,13-14,26H,12H2,1H3. The molecule has 0 radical (unpaired) electrons. The van der Waals surface area contributed by atoms with E-state index in [2.05, 4.69) is 9.97 Å². The van der Waals surface area contributed by atoms with E-state index in [0.717, 1.165) is 0 Å². The number of nitrogens with zero attached hydrogens (tertiary/aromatic N) is 3. The number of hydrogen-bond acceptors (Lipinski definition) is 8. The van der Waals surface area contributed by atoms with Gasteiger partial charge in [0.2, 0.25) is 11.8 Å². The Hall–Kier alpha value is -4.22. The monoisotopic (exact) mass is 403 g/mol. The molecule has 3 rings (SSSR count). The van der Waals surface area contributed by atoms with Gasteiger partial charge in [-0.25, -0.2) is 9.97 Å². The molecule has 2 aromatic carbocycles. The Morgan fingerprint density at radius 3 is 2.37 bits per heavy atom. The smallest absolute Gasteiger partial charge is 0.226 e. The average molecular weight is 403 g/mol. The van der Waals surface area contributed by atoms with Gasteiger partial charge in [-0.3, -0.25) is 4.79 Å². The Labute approximate surface area is 172 Å². The Morgan fingerprint density at radius 1 is 1.07 bits per heavy atom. The van der Waals surface area contributed by atoms with E-state index < -0.39 is 12.4 Å². The zero-order valence-electron chi connectivity index (χ0n) is 16.0. The summed E-state index contributed by atoms with van der Waals surface area (Å²) in [7, 11) is 1.40. The number of aliphatic hydroxyl groups is 1. The van der Waals surface area contributed by atoms with Crippen LogP contribution in [0.5, 0.6) is 23.3 Å². The van der Waals surface area contributed by atoms with Gasteiger partial charge in [0, 0.05) is 5.56 Å². The highest BCUT2D eigenvalue weighted by molar-refractivity contribution is 6.21. The van der Waals surface area contributed by atoms with Gasteiger partial charge in [-0.05, 0) is 18.2 Å². The van der Waals surface area contributed by atoms with Crippen LogP contribution >= 0.6 is 0 Å². The zero-order chi connectivity index (χ0) is 21.3. The summed E-state index contributed by atoms with van der Waals surface area (Å²) in [6.07, 6.45) is 2.50. The average Bonchev–Trinajstić information content (AvgIpc) is 2.78. The highest BCUT2D eigenvalue weighted by atomic mass is 16.5. The molecule has 3 aromatic rings. The van der Waals surface area contributed by atoms with E-state index in [0.29, 0.717) is 22.6 Å². The summed E-state index contributed by atoms with van der Waals surface area (Å²) in [6, 6.07) is 17.0. The number of ether oxygens (including phenoxy) is 3. The fraction of sp³-hybridized carbons (Fsp3) is 0.0909. The molecule has 0 unspecified atom stereocenters. The molecule has 0 saturated heterocycles. The van der Waals surface area contributed by atoms with Crippen molar-refractivity contribution in [2.24, 2.45) is 0 Å². The molecule has 1 N–H and O–H groups in total. The van der Waals surface area contributed by atoms with Crippen molar-refractivity contribution in [3.05, 3.63) is 78.3 Å². The van der Waals surface area contributed by atoms with E-state index >= 15 is 0 Å². The van der Waals surface area contributed by atoms with Gasteiger partial charge >= 0.3 is 0 Å². The number of carbonyl (C=O) groups is 1. The fourth-order valence-corrected chi connectivity index (χ4v) is 2.57. The molecule has 0 atom stereocenters. The first-order chi connectivity index (χ1) is 14.7. The second kappa shape index (κ2) is 9.82. The van der Waals surface area contributed by atoms with Gasteiger partial charge in [-0.2, -0.15) is 5.26 Å². The second-order valence-electron chi connectivity index (χ2n) is 5.85. The quantitative estimate of drug-likeness (QED) is 0.449. The summed E-state index contributed by atoms with van der Waals surface area (Å²) in [5.41, 5.74) is 0.944. The Balaban J connectivity index is 1.90. The van der Waals surface area contributed by atoms with Gasteiger partial charge in [0.05, 0.1) is 30.6 Å². The van der Waals surface area contributed by atoms with Crippen molar-refractivity contribution in [3.63, 3.8) is 0 Å². The molecule has 150 valence electrons.